The Labute approximate surface area is 186 Å². The average Bonchev–Trinajstić information content (AvgIpc) is 3.02. The van der Waals surface area contributed by atoms with Gasteiger partial charge in [-0.3, -0.25) is 4.79 Å². The molecule has 1 aromatic heterocycles. The first-order valence-corrected chi connectivity index (χ1v) is 10.8. The van der Waals surface area contributed by atoms with Crippen LogP contribution in [0, 0.1) is 13.8 Å². The summed E-state index contributed by atoms with van der Waals surface area (Å²) in [5.41, 5.74) is 4.46. The van der Waals surface area contributed by atoms with Crippen LogP contribution in [0.25, 0.3) is 0 Å². The molecule has 0 aliphatic carbocycles. The summed E-state index contributed by atoms with van der Waals surface area (Å²) in [7, 11) is 0. The first-order valence-electron chi connectivity index (χ1n) is 10.0. The van der Waals surface area contributed by atoms with E-state index in [0.717, 1.165) is 29.4 Å². The van der Waals surface area contributed by atoms with Gasteiger partial charge in [-0.05, 0) is 31.5 Å². The largest absolute Gasteiger partial charge is 0.367 e. The van der Waals surface area contributed by atoms with Crippen molar-refractivity contribution in [2.75, 3.05) is 31.1 Å². The van der Waals surface area contributed by atoms with Gasteiger partial charge in [-0.15, -0.1) is 0 Å². The molecule has 1 amide bonds. The third kappa shape index (κ3) is 4.18. The van der Waals surface area contributed by atoms with Crippen molar-refractivity contribution in [3.63, 3.8) is 0 Å². The van der Waals surface area contributed by atoms with Crippen LogP contribution in [-0.4, -0.2) is 46.8 Å². The SMILES string of the molecule is Cc1ccc(Cn2nc(C)c(C(=O)N3CCN(c4ccccc4Cl)CC3)c2Cl)cc1. The summed E-state index contributed by atoms with van der Waals surface area (Å²) in [5.74, 6) is -0.0635. The lowest BCUT2D eigenvalue weighted by Gasteiger charge is -2.36. The van der Waals surface area contributed by atoms with E-state index >= 15 is 0 Å². The molecule has 1 fully saturated rings. The number of benzene rings is 2. The van der Waals surface area contributed by atoms with Crippen molar-refractivity contribution in [2.24, 2.45) is 0 Å². The number of hydrogen-bond donors (Lipinski definition) is 0. The van der Waals surface area contributed by atoms with E-state index in [4.69, 9.17) is 23.2 Å². The van der Waals surface area contributed by atoms with Crippen LogP contribution in [0.2, 0.25) is 10.2 Å². The van der Waals surface area contributed by atoms with E-state index in [1.807, 2.05) is 36.1 Å². The summed E-state index contributed by atoms with van der Waals surface area (Å²) < 4.78 is 1.70. The quantitative estimate of drug-likeness (QED) is 0.581. The van der Waals surface area contributed by atoms with Crippen LogP contribution in [0.15, 0.2) is 48.5 Å². The van der Waals surface area contributed by atoms with Crippen LogP contribution in [0.3, 0.4) is 0 Å². The lowest BCUT2D eigenvalue weighted by atomic mass is 10.1. The molecule has 1 aliphatic rings. The Morgan fingerprint density at radius 3 is 2.30 bits per heavy atom. The normalized spacial score (nSPS) is 14.3. The molecule has 0 spiro atoms. The minimum Gasteiger partial charge on any atom is -0.367 e. The summed E-state index contributed by atoms with van der Waals surface area (Å²) in [6, 6.07) is 16.0. The first-order chi connectivity index (χ1) is 14.4. The lowest BCUT2D eigenvalue weighted by Crippen LogP contribution is -2.49. The number of rotatable bonds is 4. The molecule has 2 aromatic carbocycles. The van der Waals surface area contributed by atoms with Gasteiger partial charge in [0.25, 0.3) is 5.91 Å². The monoisotopic (exact) mass is 442 g/mol. The van der Waals surface area contributed by atoms with Gasteiger partial charge in [-0.25, -0.2) is 4.68 Å². The second kappa shape index (κ2) is 8.70. The highest BCUT2D eigenvalue weighted by atomic mass is 35.5. The number of hydrogen-bond acceptors (Lipinski definition) is 3. The number of aryl methyl sites for hydroxylation is 2. The fraction of sp³-hybridized carbons (Fsp3) is 0.304. The van der Waals surface area contributed by atoms with E-state index < -0.39 is 0 Å². The van der Waals surface area contributed by atoms with Crippen molar-refractivity contribution >= 4 is 34.8 Å². The molecule has 4 rings (SSSR count). The van der Waals surface area contributed by atoms with E-state index in [9.17, 15) is 4.79 Å². The molecule has 156 valence electrons. The number of amides is 1. The van der Waals surface area contributed by atoms with Crippen LogP contribution in [0.5, 0.6) is 0 Å². The number of piperazine rings is 1. The molecule has 30 heavy (non-hydrogen) atoms. The van der Waals surface area contributed by atoms with E-state index in [0.29, 0.717) is 36.0 Å². The molecule has 1 aliphatic heterocycles. The van der Waals surface area contributed by atoms with E-state index in [1.54, 1.807) is 4.68 Å². The third-order valence-electron chi connectivity index (χ3n) is 5.49. The minimum atomic E-state index is -0.0635. The first kappa shape index (κ1) is 20.8. The molecule has 0 unspecified atom stereocenters. The maximum atomic E-state index is 13.2. The highest BCUT2D eigenvalue weighted by molar-refractivity contribution is 6.33. The minimum absolute atomic E-state index is 0.0635. The molecule has 3 aromatic rings. The second-order valence-electron chi connectivity index (χ2n) is 7.63. The van der Waals surface area contributed by atoms with E-state index in [1.165, 1.54) is 5.56 Å². The molecule has 0 saturated carbocycles. The Balaban J connectivity index is 1.47. The predicted molar refractivity (Wildman–Crippen MR) is 122 cm³/mol. The number of anilines is 1. The zero-order valence-electron chi connectivity index (χ0n) is 17.1. The standard InChI is InChI=1S/C23H24Cl2N4O/c1-16-7-9-18(10-8-16)15-29-22(25)21(17(2)26-29)23(30)28-13-11-27(12-14-28)20-6-4-3-5-19(20)24/h3-10H,11-15H2,1-2H3. The number of aromatic nitrogens is 2. The summed E-state index contributed by atoms with van der Waals surface area (Å²) in [5, 5.41) is 5.65. The van der Waals surface area contributed by atoms with Gasteiger partial charge in [-0.2, -0.15) is 5.10 Å². The zero-order chi connectivity index (χ0) is 21.3. The average molecular weight is 443 g/mol. The number of nitrogens with zero attached hydrogens (tertiary/aromatic N) is 4. The highest BCUT2D eigenvalue weighted by Crippen LogP contribution is 2.27. The number of carbonyl (C=O) groups excluding carboxylic acids is 1. The summed E-state index contributed by atoms with van der Waals surface area (Å²) >= 11 is 12.9. The molecule has 0 N–H and O–H groups in total. The number of carbonyl (C=O) groups is 1. The Kier molecular flexibility index (Phi) is 6.02. The van der Waals surface area contributed by atoms with Crippen molar-refractivity contribution in [1.29, 1.82) is 0 Å². The van der Waals surface area contributed by atoms with E-state index in [2.05, 4.69) is 41.2 Å². The number of halogens is 2. The molecule has 0 bridgehead atoms. The van der Waals surface area contributed by atoms with Gasteiger partial charge in [0.1, 0.15) is 5.15 Å². The molecule has 0 radical (unpaired) electrons. The Morgan fingerprint density at radius 2 is 1.63 bits per heavy atom. The topological polar surface area (TPSA) is 41.4 Å². The van der Waals surface area contributed by atoms with Gasteiger partial charge in [0.05, 0.1) is 28.5 Å². The van der Waals surface area contributed by atoms with Gasteiger partial charge >= 0.3 is 0 Å². The Bertz CT molecular complexity index is 1050. The van der Waals surface area contributed by atoms with Gasteiger partial charge in [0, 0.05) is 26.2 Å². The molecule has 2 heterocycles. The van der Waals surface area contributed by atoms with Crippen molar-refractivity contribution in [1.82, 2.24) is 14.7 Å². The Hall–Kier alpha value is -2.50. The number of para-hydroxylation sites is 1. The van der Waals surface area contributed by atoms with Crippen molar-refractivity contribution in [3.8, 4) is 0 Å². The molecule has 0 atom stereocenters. The van der Waals surface area contributed by atoms with Crippen molar-refractivity contribution < 1.29 is 4.79 Å². The molecule has 5 nitrogen and oxygen atoms in total. The molecule has 1 saturated heterocycles. The van der Waals surface area contributed by atoms with E-state index in [-0.39, 0.29) is 5.91 Å². The fourth-order valence-corrected chi connectivity index (χ4v) is 4.35. The van der Waals surface area contributed by atoms with Gasteiger partial charge in [-0.1, -0.05) is 65.2 Å². The highest BCUT2D eigenvalue weighted by Gasteiger charge is 2.28. The van der Waals surface area contributed by atoms with Gasteiger partial charge < -0.3 is 9.80 Å². The lowest BCUT2D eigenvalue weighted by molar-refractivity contribution is 0.0746. The predicted octanol–water partition coefficient (Wildman–Crippen LogP) is 4.82. The Morgan fingerprint density at radius 1 is 0.967 bits per heavy atom. The van der Waals surface area contributed by atoms with Crippen LogP contribution in [0.4, 0.5) is 5.69 Å². The second-order valence-corrected chi connectivity index (χ2v) is 8.39. The van der Waals surface area contributed by atoms with Crippen molar-refractivity contribution in [2.45, 2.75) is 20.4 Å². The summed E-state index contributed by atoms with van der Waals surface area (Å²) in [6.45, 7) is 7.11. The van der Waals surface area contributed by atoms with Gasteiger partial charge in [0.15, 0.2) is 0 Å². The summed E-state index contributed by atoms with van der Waals surface area (Å²) in [6.07, 6.45) is 0. The third-order valence-corrected chi connectivity index (χ3v) is 6.20. The van der Waals surface area contributed by atoms with Crippen LogP contribution in [0.1, 0.15) is 27.2 Å². The van der Waals surface area contributed by atoms with Crippen LogP contribution >= 0.6 is 23.2 Å². The summed E-state index contributed by atoms with van der Waals surface area (Å²) in [4.78, 5) is 17.3. The smallest absolute Gasteiger partial charge is 0.259 e. The molecule has 7 heteroatoms. The van der Waals surface area contributed by atoms with Crippen LogP contribution in [-0.2, 0) is 6.54 Å². The zero-order valence-corrected chi connectivity index (χ0v) is 18.6. The van der Waals surface area contributed by atoms with Crippen molar-refractivity contribution in [3.05, 3.63) is 81.1 Å². The maximum Gasteiger partial charge on any atom is 0.259 e. The fourth-order valence-electron chi connectivity index (χ4n) is 3.78. The maximum absolute atomic E-state index is 13.2. The van der Waals surface area contributed by atoms with Gasteiger partial charge in [0.2, 0.25) is 0 Å². The molecular formula is C23H24Cl2N4O. The molecular weight excluding hydrogens is 419 g/mol. The van der Waals surface area contributed by atoms with Crippen LogP contribution < -0.4 is 4.90 Å².